The normalized spacial score (nSPS) is 14.8. The van der Waals surface area contributed by atoms with Crippen LogP contribution in [0.3, 0.4) is 0 Å². The predicted octanol–water partition coefficient (Wildman–Crippen LogP) is 4.37. The third-order valence-corrected chi connectivity index (χ3v) is 5.78. The SMILES string of the molecule is CCOC(=O)N1CCC(Cc2nc3ccccc3n2Cc2cscn2)CC1.Cl. The summed E-state index contributed by atoms with van der Waals surface area (Å²) in [4.78, 5) is 23.1. The van der Waals surface area contributed by atoms with Crippen LogP contribution in [0, 0.1) is 5.92 Å². The van der Waals surface area contributed by atoms with Gasteiger partial charge in [0, 0.05) is 24.9 Å². The van der Waals surface area contributed by atoms with Crippen molar-refractivity contribution in [2.24, 2.45) is 5.92 Å². The second-order valence-electron chi connectivity index (χ2n) is 6.92. The predicted molar refractivity (Wildman–Crippen MR) is 113 cm³/mol. The Morgan fingerprint density at radius 3 is 2.79 bits per heavy atom. The summed E-state index contributed by atoms with van der Waals surface area (Å²) in [6, 6.07) is 8.29. The fourth-order valence-corrected chi connectivity index (χ4v) is 4.28. The van der Waals surface area contributed by atoms with Crippen molar-refractivity contribution >= 4 is 40.9 Å². The zero-order valence-electron chi connectivity index (χ0n) is 15.9. The number of hydrogen-bond acceptors (Lipinski definition) is 5. The zero-order valence-corrected chi connectivity index (χ0v) is 17.5. The number of rotatable bonds is 5. The second-order valence-corrected chi connectivity index (χ2v) is 7.63. The molecule has 0 spiro atoms. The van der Waals surface area contributed by atoms with Gasteiger partial charge in [0.25, 0.3) is 0 Å². The van der Waals surface area contributed by atoms with E-state index < -0.39 is 0 Å². The molecule has 1 saturated heterocycles. The Kier molecular flexibility index (Phi) is 6.91. The number of carbonyl (C=O) groups excluding carboxylic acids is 1. The number of nitrogens with zero attached hydrogens (tertiary/aromatic N) is 4. The van der Waals surface area contributed by atoms with Crippen LogP contribution < -0.4 is 0 Å². The van der Waals surface area contributed by atoms with E-state index in [1.165, 1.54) is 0 Å². The van der Waals surface area contributed by atoms with Crippen molar-refractivity contribution in [3.63, 3.8) is 0 Å². The van der Waals surface area contributed by atoms with Gasteiger partial charge in [-0.15, -0.1) is 23.7 Å². The average molecular weight is 421 g/mol. The first-order valence-corrected chi connectivity index (χ1v) is 10.4. The fourth-order valence-electron chi connectivity index (χ4n) is 3.73. The van der Waals surface area contributed by atoms with Crippen LogP contribution in [0.4, 0.5) is 4.79 Å². The molecular formula is C20H25ClN4O2S. The smallest absolute Gasteiger partial charge is 0.409 e. The van der Waals surface area contributed by atoms with Gasteiger partial charge in [-0.05, 0) is 37.8 Å². The zero-order chi connectivity index (χ0) is 18.6. The summed E-state index contributed by atoms with van der Waals surface area (Å²) in [6.45, 7) is 4.55. The quantitative estimate of drug-likeness (QED) is 0.614. The summed E-state index contributed by atoms with van der Waals surface area (Å²) in [5.41, 5.74) is 5.14. The molecule has 0 unspecified atom stereocenters. The van der Waals surface area contributed by atoms with Crippen molar-refractivity contribution in [3.05, 3.63) is 46.7 Å². The van der Waals surface area contributed by atoms with Crippen LogP contribution in [-0.4, -0.2) is 45.2 Å². The molecule has 1 amide bonds. The highest BCUT2D eigenvalue weighted by Crippen LogP contribution is 2.25. The van der Waals surface area contributed by atoms with Gasteiger partial charge in [-0.1, -0.05) is 12.1 Å². The molecule has 0 atom stereocenters. The van der Waals surface area contributed by atoms with Gasteiger partial charge in [0.05, 0.1) is 35.4 Å². The van der Waals surface area contributed by atoms with Gasteiger partial charge in [0.15, 0.2) is 0 Å². The number of piperidine rings is 1. The molecule has 0 saturated carbocycles. The van der Waals surface area contributed by atoms with E-state index >= 15 is 0 Å². The van der Waals surface area contributed by atoms with Gasteiger partial charge in [-0.2, -0.15) is 0 Å². The van der Waals surface area contributed by atoms with E-state index in [4.69, 9.17) is 9.72 Å². The van der Waals surface area contributed by atoms with Gasteiger partial charge >= 0.3 is 6.09 Å². The minimum absolute atomic E-state index is 0. The number of carbonyl (C=O) groups is 1. The van der Waals surface area contributed by atoms with E-state index in [2.05, 4.69) is 33.1 Å². The van der Waals surface area contributed by atoms with Crippen molar-refractivity contribution in [1.82, 2.24) is 19.4 Å². The molecule has 6 nitrogen and oxygen atoms in total. The van der Waals surface area contributed by atoms with Crippen LogP contribution in [0.5, 0.6) is 0 Å². The molecule has 1 aliphatic rings. The minimum atomic E-state index is -0.188. The molecule has 150 valence electrons. The van der Waals surface area contributed by atoms with Gasteiger partial charge in [0.1, 0.15) is 5.82 Å². The van der Waals surface area contributed by atoms with Crippen molar-refractivity contribution < 1.29 is 9.53 Å². The standard InChI is InChI=1S/C20H24N4O2S.ClH/c1-2-26-20(25)23-9-7-15(8-10-23)11-19-22-17-5-3-4-6-18(17)24(19)12-16-13-27-14-21-16;/h3-6,13-15H,2,7-12H2,1H3;1H. The van der Waals surface area contributed by atoms with E-state index in [0.717, 1.165) is 61.4 Å². The molecule has 2 aromatic heterocycles. The Bertz CT molecular complexity index is 904. The lowest BCUT2D eigenvalue weighted by molar-refractivity contribution is 0.0916. The van der Waals surface area contributed by atoms with Crippen molar-refractivity contribution in [2.75, 3.05) is 19.7 Å². The molecule has 3 heterocycles. The number of thiazole rings is 1. The summed E-state index contributed by atoms with van der Waals surface area (Å²) in [6.07, 6.45) is 2.71. The first-order chi connectivity index (χ1) is 13.2. The maximum Gasteiger partial charge on any atom is 0.409 e. The third-order valence-electron chi connectivity index (χ3n) is 5.15. The van der Waals surface area contributed by atoms with Crippen LogP contribution in [0.1, 0.15) is 31.3 Å². The van der Waals surface area contributed by atoms with E-state index in [-0.39, 0.29) is 18.5 Å². The Labute approximate surface area is 175 Å². The van der Waals surface area contributed by atoms with Gasteiger partial charge in [-0.25, -0.2) is 14.8 Å². The van der Waals surface area contributed by atoms with Crippen LogP contribution >= 0.6 is 23.7 Å². The molecule has 4 rings (SSSR count). The van der Waals surface area contributed by atoms with Crippen LogP contribution in [0.2, 0.25) is 0 Å². The number of para-hydroxylation sites is 2. The van der Waals surface area contributed by atoms with Crippen molar-refractivity contribution in [3.8, 4) is 0 Å². The second kappa shape index (κ2) is 9.39. The molecule has 8 heteroatoms. The Hall–Kier alpha value is -2.12. The lowest BCUT2D eigenvalue weighted by atomic mass is 9.93. The molecule has 0 N–H and O–H groups in total. The highest BCUT2D eigenvalue weighted by atomic mass is 35.5. The number of benzene rings is 1. The van der Waals surface area contributed by atoms with Gasteiger partial charge in [0.2, 0.25) is 0 Å². The first-order valence-electron chi connectivity index (χ1n) is 9.47. The summed E-state index contributed by atoms with van der Waals surface area (Å²) in [5.74, 6) is 1.64. The third kappa shape index (κ3) is 4.47. The van der Waals surface area contributed by atoms with E-state index in [1.807, 2.05) is 23.4 Å². The monoisotopic (exact) mass is 420 g/mol. The fraction of sp³-hybridized carbons (Fsp3) is 0.450. The molecule has 0 bridgehead atoms. The summed E-state index contributed by atoms with van der Waals surface area (Å²) in [7, 11) is 0. The molecule has 28 heavy (non-hydrogen) atoms. The van der Waals surface area contributed by atoms with Gasteiger partial charge < -0.3 is 14.2 Å². The maximum absolute atomic E-state index is 11.9. The lowest BCUT2D eigenvalue weighted by Gasteiger charge is -2.31. The molecule has 1 aromatic carbocycles. The van der Waals surface area contributed by atoms with Crippen molar-refractivity contribution in [2.45, 2.75) is 32.7 Å². The topological polar surface area (TPSA) is 60.2 Å². The molecule has 0 aliphatic carbocycles. The highest BCUT2D eigenvalue weighted by Gasteiger charge is 2.25. The molecule has 1 fully saturated rings. The first kappa shape index (κ1) is 20.6. The molecule has 3 aromatic rings. The molecule has 0 radical (unpaired) electrons. The Morgan fingerprint density at radius 1 is 1.29 bits per heavy atom. The Morgan fingerprint density at radius 2 is 2.07 bits per heavy atom. The van der Waals surface area contributed by atoms with Crippen LogP contribution in [0.15, 0.2) is 35.2 Å². The van der Waals surface area contributed by atoms with E-state index in [9.17, 15) is 4.79 Å². The number of amides is 1. The Balaban J connectivity index is 0.00000225. The number of fused-ring (bicyclic) bond motifs is 1. The summed E-state index contributed by atoms with van der Waals surface area (Å²) in [5, 5.41) is 2.09. The minimum Gasteiger partial charge on any atom is -0.450 e. The van der Waals surface area contributed by atoms with E-state index in [0.29, 0.717) is 12.5 Å². The summed E-state index contributed by atoms with van der Waals surface area (Å²) < 4.78 is 7.41. The number of likely N-dealkylation sites (tertiary alicyclic amines) is 1. The van der Waals surface area contributed by atoms with Gasteiger partial charge in [-0.3, -0.25) is 0 Å². The average Bonchev–Trinajstić information content (AvgIpc) is 3.31. The number of aromatic nitrogens is 3. The highest BCUT2D eigenvalue weighted by molar-refractivity contribution is 7.07. The lowest BCUT2D eigenvalue weighted by Crippen LogP contribution is -2.39. The van der Waals surface area contributed by atoms with Crippen LogP contribution in [-0.2, 0) is 17.7 Å². The summed E-state index contributed by atoms with van der Waals surface area (Å²) >= 11 is 1.62. The molecular weight excluding hydrogens is 396 g/mol. The number of ether oxygens (including phenoxy) is 1. The number of halogens is 1. The van der Waals surface area contributed by atoms with Crippen LogP contribution in [0.25, 0.3) is 11.0 Å². The molecule has 1 aliphatic heterocycles. The van der Waals surface area contributed by atoms with E-state index in [1.54, 1.807) is 11.3 Å². The largest absolute Gasteiger partial charge is 0.450 e. The number of imidazole rings is 1. The maximum atomic E-state index is 11.9. The van der Waals surface area contributed by atoms with Crippen molar-refractivity contribution in [1.29, 1.82) is 0 Å². The number of hydrogen-bond donors (Lipinski definition) is 0.